The second kappa shape index (κ2) is 6.89. The molecule has 0 spiro atoms. The summed E-state index contributed by atoms with van der Waals surface area (Å²) in [7, 11) is 0. The van der Waals surface area contributed by atoms with E-state index < -0.39 is 0 Å². The van der Waals surface area contributed by atoms with Gasteiger partial charge in [-0.25, -0.2) is 4.99 Å². The fourth-order valence-electron chi connectivity index (χ4n) is 4.76. The molecular formula is C19H31N3. The maximum absolute atomic E-state index is 6.07. The Bertz CT molecular complexity index is 489. The van der Waals surface area contributed by atoms with Gasteiger partial charge in [-0.15, -0.1) is 0 Å². The molecule has 0 radical (unpaired) electrons. The number of guanidine groups is 1. The first kappa shape index (κ1) is 15.6. The summed E-state index contributed by atoms with van der Waals surface area (Å²) < 4.78 is 0. The van der Waals surface area contributed by atoms with Gasteiger partial charge >= 0.3 is 0 Å². The molecule has 0 aromatic heterocycles. The minimum atomic E-state index is 0.443. The predicted octanol–water partition coefficient (Wildman–Crippen LogP) is 4.12. The lowest BCUT2D eigenvalue weighted by molar-refractivity contribution is 0.282. The zero-order valence-electron chi connectivity index (χ0n) is 14.1. The molecule has 3 N–H and O–H groups in total. The lowest BCUT2D eigenvalue weighted by atomic mass is 9.70. The number of rotatable bonds is 6. The Morgan fingerprint density at radius 1 is 1.23 bits per heavy atom. The molecule has 0 unspecified atom stereocenters. The quantitative estimate of drug-likeness (QED) is 0.725. The fraction of sp³-hybridized carbons (Fsp3) is 0.737. The average Bonchev–Trinajstić information content (AvgIpc) is 2.89. The highest BCUT2D eigenvalue weighted by Crippen LogP contribution is 2.50. The Hall–Kier alpha value is -1.25. The van der Waals surface area contributed by atoms with Crippen molar-refractivity contribution in [2.45, 2.75) is 71.3 Å². The third-order valence-electron chi connectivity index (χ3n) is 5.68. The van der Waals surface area contributed by atoms with E-state index in [1.165, 1.54) is 50.6 Å². The molecule has 122 valence electrons. The van der Waals surface area contributed by atoms with Crippen molar-refractivity contribution in [2.24, 2.45) is 28.5 Å². The first-order valence-corrected chi connectivity index (χ1v) is 9.22. The highest BCUT2D eigenvalue weighted by molar-refractivity contribution is 5.81. The van der Waals surface area contributed by atoms with Crippen LogP contribution in [0.1, 0.15) is 65.2 Å². The van der Waals surface area contributed by atoms with Gasteiger partial charge in [-0.3, -0.25) is 0 Å². The minimum absolute atomic E-state index is 0.443. The van der Waals surface area contributed by atoms with E-state index in [1.807, 2.05) is 0 Å². The largest absolute Gasteiger partial charge is 0.370 e. The number of hydrogen-bond acceptors (Lipinski definition) is 3. The molecule has 3 aliphatic rings. The number of hydrogen-bond donors (Lipinski definition) is 2. The summed E-state index contributed by atoms with van der Waals surface area (Å²) in [4.78, 5) is 4.67. The zero-order chi connectivity index (χ0) is 15.5. The van der Waals surface area contributed by atoms with Crippen LogP contribution in [-0.2, 0) is 0 Å². The first-order valence-electron chi connectivity index (χ1n) is 9.22. The SMILES string of the molecule is CCC/C=C\CC1=C2NC(N)=N[C@H]3CC[C@@H](C[C@H]1CCC)[C@@H]23. The van der Waals surface area contributed by atoms with E-state index in [9.17, 15) is 0 Å². The van der Waals surface area contributed by atoms with Crippen LogP contribution in [0.4, 0.5) is 0 Å². The van der Waals surface area contributed by atoms with Crippen LogP contribution in [-0.4, -0.2) is 12.0 Å². The van der Waals surface area contributed by atoms with Gasteiger partial charge < -0.3 is 11.1 Å². The molecule has 1 heterocycles. The fourth-order valence-corrected chi connectivity index (χ4v) is 4.76. The monoisotopic (exact) mass is 301 g/mol. The standard InChI is InChI=1S/C19H31N3/c1-3-5-6-7-9-15-13(8-4-2)12-14-10-11-16-17(14)18(15)22-19(20)21-16/h6-7,13-14,16-17H,3-5,8-12H2,1-2H3,(H3,20,21,22)/b7-6-/t13-,14+,16+,17-/m1/s1. The van der Waals surface area contributed by atoms with E-state index >= 15 is 0 Å². The van der Waals surface area contributed by atoms with Crippen LogP contribution in [0, 0.1) is 17.8 Å². The summed E-state index contributed by atoms with van der Waals surface area (Å²) in [6.07, 6.45) is 14.7. The van der Waals surface area contributed by atoms with Crippen LogP contribution in [0.15, 0.2) is 28.4 Å². The third-order valence-corrected chi connectivity index (χ3v) is 5.68. The van der Waals surface area contributed by atoms with Crippen molar-refractivity contribution < 1.29 is 0 Å². The highest BCUT2D eigenvalue weighted by atomic mass is 15.2. The maximum Gasteiger partial charge on any atom is 0.193 e. The van der Waals surface area contributed by atoms with Crippen molar-refractivity contribution in [1.29, 1.82) is 0 Å². The Labute approximate surface area is 135 Å². The second-order valence-corrected chi connectivity index (χ2v) is 7.19. The van der Waals surface area contributed by atoms with Crippen LogP contribution in [0.2, 0.25) is 0 Å². The van der Waals surface area contributed by atoms with E-state index in [0.29, 0.717) is 17.9 Å². The normalized spacial score (nSPS) is 33.8. The van der Waals surface area contributed by atoms with E-state index in [0.717, 1.165) is 18.3 Å². The van der Waals surface area contributed by atoms with Gasteiger partial charge in [0, 0.05) is 11.6 Å². The van der Waals surface area contributed by atoms with Gasteiger partial charge in [-0.05, 0) is 55.9 Å². The molecule has 22 heavy (non-hydrogen) atoms. The third kappa shape index (κ3) is 2.95. The topological polar surface area (TPSA) is 50.4 Å². The average molecular weight is 301 g/mol. The van der Waals surface area contributed by atoms with E-state index in [1.54, 1.807) is 5.57 Å². The summed E-state index contributed by atoms with van der Waals surface area (Å²) in [5, 5.41) is 3.47. The molecule has 3 nitrogen and oxygen atoms in total. The Morgan fingerprint density at radius 2 is 2.09 bits per heavy atom. The van der Waals surface area contributed by atoms with Crippen LogP contribution in [0.25, 0.3) is 0 Å². The molecule has 1 saturated carbocycles. The molecule has 0 bridgehead atoms. The van der Waals surface area contributed by atoms with Crippen molar-refractivity contribution in [3.05, 3.63) is 23.4 Å². The molecule has 3 heteroatoms. The molecule has 3 rings (SSSR count). The van der Waals surface area contributed by atoms with Gasteiger partial charge in [-0.2, -0.15) is 0 Å². The van der Waals surface area contributed by atoms with Crippen molar-refractivity contribution in [2.75, 3.05) is 0 Å². The van der Waals surface area contributed by atoms with Crippen LogP contribution < -0.4 is 11.1 Å². The molecule has 0 saturated heterocycles. The molecule has 1 fully saturated rings. The smallest absolute Gasteiger partial charge is 0.193 e. The molecule has 2 aliphatic carbocycles. The number of aliphatic imine (C=N–C) groups is 1. The lowest BCUT2D eigenvalue weighted by Gasteiger charge is -2.40. The lowest BCUT2D eigenvalue weighted by Crippen LogP contribution is -2.46. The number of allylic oxidation sites excluding steroid dienone is 3. The van der Waals surface area contributed by atoms with Gasteiger partial charge in [0.1, 0.15) is 0 Å². The van der Waals surface area contributed by atoms with Crippen molar-refractivity contribution in [3.63, 3.8) is 0 Å². The summed E-state index contributed by atoms with van der Waals surface area (Å²) in [5.41, 5.74) is 9.15. The van der Waals surface area contributed by atoms with Gasteiger partial charge in [0.15, 0.2) is 5.96 Å². The van der Waals surface area contributed by atoms with Crippen molar-refractivity contribution in [1.82, 2.24) is 5.32 Å². The molecule has 0 aromatic rings. The highest BCUT2D eigenvalue weighted by Gasteiger charge is 2.46. The maximum atomic E-state index is 6.07. The molecule has 0 aromatic carbocycles. The van der Waals surface area contributed by atoms with Crippen LogP contribution >= 0.6 is 0 Å². The number of nitrogens with two attached hydrogens (primary N) is 1. The summed E-state index contributed by atoms with van der Waals surface area (Å²) in [6, 6.07) is 0.443. The van der Waals surface area contributed by atoms with Gasteiger partial charge in [0.25, 0.3) is 0 Å². The van der Waals surface area contributed by atoms with E-state index in [-0.39, 0.29) is 0 Å². The van der Waals surface area contributed by atoms with Crippen molar-refractivity contribution in [3.8, 4) is 0 Å². The second-order valence-electron chi connectivity index (χ2n) is 7.19. The summed E-state index contributed by atoms with van der Waals surface area (Å²) in [5.74, 6) is 2.83. The van der Waals surface area contributed by atoms with Gasteiger partial charge in [-0.1, -0.05) is 38.8 Å². The Kier molecular flexibility index (Phi) is 4.90. The number of nitrogens with zero attached hydrogens (tertiary/aromatic N) is 1. The molecule has 0 amide bonds. The number of unbranched alkanes of at least 4 members (excludes halogenated alkanes) is 1. The van der Waals surface area contributed by atoms with Gasteiger partial charge in [0.2, 0.25) is 0 Å². The molecule has 1 aliphatic heterocycles. The Morgan fingerprint density at radius 3 is 2.86 bits per heavy atom. The number of nitrogens with one attached hydrogen (secondary N) is 1. The van der Waals surface area contributed by atoms with Gasteiger partial charge in [0.05, 0.1) is 6.04 Å². The predicted molar refractivity (Wildman–Crippen MR) is 93.5 cm³/mol. The Balaban J connectivity index is 1.89. The van der Waals surface area contributed by atoms with E-state index in [2.05, 4.69) is 36.3 Å². The van der Waals surface area contributed by atoms with Crippen LogP contribution in [0.3, 0.4) is 0 Å². The summed E-state index contributed by atoms with van der Waals surface area (Å²) in [6.45, 7) is 4.54. The minimum Gasteiger partial charge on any atom is -0.370 e. The zero-order valence-corrected chi connectivity index (χ0v) is 14.1. The van der Waals surface area contributed by atoms with Crippen molar-refractivity contribution >= 4 is 5.96 Å². The van der Waals surface area contributed by atoms with E-state index in [4.69, 9.17) is 5.73 Å². The molecule has 4 atom stereocenters. The first-order chi connectivity index (χ1) is 10.7. The summed E-state index contributed by atoms with van der Waals surface area (Å²) >= 11 is 0. The molecular weight excluding hydrogens is 270 g/mol. The van der Waals surface area contributed by atoms with Crippen LogP contribution in [0.5, 0.6) is 0 Å².